The van der Waals surface area contributed by atoms with Crippen molar-refractivity contribution in [1.82, 2.24) is 9.88 Å². The maximum atomic E-state index is 13.8. The monoisotopic (exact) mass is 637 g/mol. The molecule has 2 aliphatic carbocycles. The van der Waals surface area contributed by atoms with Crippen molar-refractivity contribution in [3.05, 3.63) is 88.5 Å². The minimum atomic E-state index is -1.03. The van der Waals surface area contributed by atoms with E-state index in [0.717, 1.165) is 47.9 Å². The summed E-state index contributed by atoms with van der Waals surface area (Å²) >= 11 is 6.36. The first-order valence-corrected chi connectivity index (χ1v) is 16.4. The van der Waals surface area contributed by atoms with Gasteiger partial charge in [0.25, 0.3) is 5.91 Å². The molecule has 7 rings (SSSR count). The molecule has 3 aliphatic rings. The second-order valence-electron chi connectivity index (χ2n) is 12.6. The number of hydrogen-bond donors (Lipinski definition) is 3. The van der Waals surface area contributed by atoms with E-state index in [-0.39, 0.29) is 11.8 Å². The smallest absolute Gasteiger partial charge is 0.328 e. The second kappa shape index (κ2) is 12.3. The lowest BCUT2D eigenvalue weighted by Gasteiger charge is -2.40. The van der Waals surface area contributed by atoms with Gasteiger partial charge < -0.3 is 25.0 Å². The zero-order valence-corrected chi connectivity index (χ0v) is 26.2. The number of anilines is 1. The lowest BCUT2D eigenvalue weighted by Crippen LogP contribution is -2.61. The van der Waals surface area contributed by atoms with Crippen LogP contribution in [0.2, 0.25) is 5.02 Å². The van der Waals surface area contributed by atoms with Crippen molar-refractivity contribution in [2.24, 2.45) is 0 Å². The number of ether oxygens (including phenoxy) is 1. The van der Waals surface area contributed by atoms with Crippen molar-refractivity contribution in [3.63, 3.8) is 0 Å². The molecule has 3 N–H and O–H groups in total. The molecule has 0 unspecified atom stereocenters. The first-order valence-electron chi connectivity index (χ1n) is 16.1. The van der Waals surface area contributed by atoms with Crippen LogP contribution in [0.5, 0.6) is 5.75 Å². The number of nitrogens with one attached hydrogen (secondary N) is 2. The highest BCUT2D eigenvalue weighted by Crippen LogP contribution is 2.47. The average Bonchev–Trinajstić information content (AvgIpc) is 3.24. The number of fused-ring (bicyclic) bond motifs is 5. The molecule has 236 valence electrons. The van der Waals surface area contributed by atoms with Gasteiger partial charge in [0.15, 0.2) is 0 Å². The minimum absolute atomic E-state index is 0.259. The number of carbonyl (C=O) groups is 3. The number of nitrogens with zero attached hydrogens (tertiary/aromatic N) is 1. The summed E-state index contributed by atoms with van der Waals surface area (Å²) in [5, 5.41) is 16.7. The largest absolute Gasteiger partial charge is 0.491 e. The van der Waals surface area contributed by atoms with E-state index in [9.17, 15) is 14.4 Å². The van der Waals surface area contributed by atoms with E-state index in [1.807, 2.05) is 30.3 Å². The fraction of sp³-hybridized carbons (Fsp3) is 0.324. The van der Waals surface area contributed by atoms with Gasteiger partial charge in [-0.25, -0.2) is 4.79 Å². The predicted octanol–water partition coefficient (Wildman–Crippen LogP) is 7.79. The summed E-state index contributed by atoms with van der Waals surface area (Å²) in [6, 6.07) is 18.7. The zero-order chi connectivity index (χ0) is 31.8. The number of halogens is 1. The molecular formula is C37H36ClN3O5. The van der Waals surface area contributed by atoms with Gasteiger partial charge in [0.2, 0.25) is 5.91 Å². The van der Waals surface area contributed by atoms with E-state index in [2.05, 4.69) is 21.3 Å². The van der Waals surface area contributed by atoms with Gasteiger partial charge >= 0.3 is 5.97 Å². The van der Waals surface area contributed by atoms with E-state index < -0.39 is 11.5 Å². The first-order chi connectivity index (χ1) is 22.3. The van der Waals surface area contributed by atoms with Gasteiger partial charge in [-0.3, -0.25) is 9.59 Å². The van der Waals surface area contributed by atoms with Crippen LogP contribution in [-0.4, -0.2) is 39.6 Å². The van der Waals surface area contributed by atoms with Gasteiger partial charge in [-0.05, 0) is 97.7 Å². The Labute approximate surface area is 272 Å². The van der Waals surface area contributed by atoms with Gasteiger partial charge in [-0.2, -0.15) is 0 Å². The van der Waals surface area contributed by atoms with Crippen LogP contribution >= 0.6 is 11.6 Å². The van der Waals surface area contributed by atoms with E-state index in [1.54, 1.807) is 24.3 Å². The van der Waals surface area contributed by atoms with E-state index >= 15 is 0 Å². The Balaban J connectivity index is 1.19. The van der Waals surface area contributed by atoms with Crippen LogP contribution in [0.1, 0.15) is 78.8 Å². The van der Waals surface area contributed by atoms with E-state index in [1.165, 1.54) is 36.3 Å². The van der Waals surface area contributed by atoms with Crippen LogP contribution < -0.4 is 15.4 Å². The molecular weight excluding hydrogens is 602 g/mol. The average molecular weight is 638 g/mol. The van der Waals surface area contributed by atoms with Gasteiger partial charge in [0, 0.05) is 38.8 Å². The van der Waals surface area contributed by atoms with Gasteiger partial charge in [-0.15, -0.1) is 0 Å². The number of amides is 2. The third kappa shape index (κ3) is 5.66. The first kappa shape index (κ1) is 30.1. The van der Waals surface area contributed by atoms with Crippen molar-refractivity contribution >= 4 is 52.1 Å². The van der Waals surface area contributed by atoms with Crippen molar-refractivity contribution < 1.29 is 24.2 Å². The van der Waals surface area contributed by atoms with Crippen LogP contribution in [0.15, 0.2) is 66.7 Å². The molecule has 4 aromatic rings. The molecule has 2 fully saturated rings. The Morgan fingerprint density at radius 3 is 2.46 bits per heavy atom. The molecule has 0 saturated heterocycles. The predicted molar refractivity (Wildman–Crippen MR) is 179 cm³/mol. The normalized spacial score (nSPS) is 17.3. The summed E-state index contributed by atoms with van der Waals surface area (Å²) < 4.78 is 8.48. The van der Waals surface area contributed by atoms with E-state index in [4.69, 9.17) is 21.4 Å². The van der Waals surface area contributed by atoms with Crippen LogP contribution in [0.25, 0.3) is 28.2 Å². The molecule has 8 nitrogen and oxygen atoms in total. The third-order valence-corrected chi connectivity index (χ3v) is 9.97. The molecule has 0 atom stereocenters. The summed E-state index contributed by atoms with van der Waals surface area (Å²) in [6.07, 6.45) is 10.4. The lowest BCUT2D eigenvalue weighted by atomic mass is 9.75. The van der Waals surface area contributed by atoms with Crippen molar-refractivity contribution in [3.8, 4) is 17.0 Å². The zero-order valence-electron chi connectivity index (χ0n) is 25.5. The fourth-order valence-corrected chi connectivity index (χ4v) is 7.39. The highest BCUT2D eigenvalue weighted by atomic mass is 35.5. The summed E-state index contributed by atoms with van der Waals surface area (Å²) in [6.45, 7) is 1.14. The number of carboxylic acid groups (broad SMARTS) is 1. The van der Waals surface area contributed by atoms with E-state index in [0.29, 0.717) is 53.7 Å². The molecule has 0 spiro atoms. The molecule has 2 heterocycles. The van der Waals surface area contributed by atoms with Gasteiger partial charge in [0.1, 0.15) is 17.9 Å². The van der Waals surface area contributed by atoms with Crippen molar-refractivity contribution in [2.75, 3.05) is 11.9 Å². The van der Waals surface area contributed by atoms with Crippen molar-refractivity contribution in [1.29, 1.82) is 0 Å². The van der Waals surface area contributed by atoms with Crippen LogP contribution in [0.4, 0.5) is 5.69 Å². The maximum absolute atomic E-state index is 13.8. The topological polar surface area (TPSA) is 110 Å². The molecule has 9 heteroatoms. The summed E-state index contributed by atoms with van der Waals surface area (Å²) in [5.74, 6) is -0.351. The Kier molecular flexibility index (Phi) is 8.07. The molecule has 1 aromatic heterocycles. The molecule has 2 saturated carbocycles. The SMILES string of the molecule is O=C(O)/C=C/c1ccc(NC(=O)C2(NC(=O)c3ccc4c(C5CCCCC5)c5n(c4c3)CCOc3cc(Cl)ccc3-5)CCC2)cc1. The molecule has 2 amide bonds. The Morgan fingerprint density at radius 2 is 1.74 bits per heavy atom. The number of aromatic nitrogens is 1. The molecule has 3 aromatic carbocycles. The van der Waals surface area contributed by atoms with Crippen molar-refractivity contribution in [2.45, 2.75) is 69.4 Å². The number of aliphatic carboxylic acids is 1. The number of carbonyl (C=O) groups excluding carboxylic acids is 2. The quantitative estimate of drug-likeness (QED) is 0.179. The lowest BCUT2D eigenvalue weighted by molar-refractivity contribution is -0.131. The fourth-order valence-electron chi connectivity index (χ4n) is 7.23. The second-order valence-corrected chi connectivity index (χ2v) is 13.0. The summed E-state index contributed by atoms with van der Waals surface area (Å²) in [4.78, 5) is 38.1. The highest BCUT2D eigenvalue weighted by molar-refractivity contribution is 6.30. The molecule has 0 radical (unpaired) electrons. The highest BCUT2D eigenvalue weighted by Gasteiger charge is 2.45. The molecule has 0 bridgehead atoms. The standard InChI is InChI=1S/C37H36ClN3O5/c38-26-11-15-29-31(22-26)46-20-19-41-30-21-25(10-14-28(30)33(34(29)41)24-5-2-1-3-6-24)35(44)40-37(17-4-18-37)36(45)39-27-12-7-23(8-13-27)9-16-32(42)43/h7-16,21-22,24H,1-6,17-20H2,(H,39,45)(H,40,44)(H,42,43)/b16-9+. The minimum Gasteiger partial charge on any atom is -0.491 e. The van der Waals surface area contributed by atoms with Crippen LogP contribution in [0.3, 0.4) is 0 Å². The maximum Gasteiger partial charge on any atom is 0.328 e. The Hall–Kier alpha value is -4.56. The van der Waals surface area contributed by atoms with Gasteiger partial charge in [0.05, 0.1) is 12.2 Å². The van der Waals surface area contributed by atoms with Crippen LogP contribution in [0, 0.1) is 0 Å². The number of hydrogen-bond acceptors (Lipinski definition) is 4. The summed E-state index contributed by atoms with van der Waals surface area (Å²) in [7, 11) is 0. The van der Waals surface area contributed by atoms with Gasteiger partial charge in [-0.1, -0.05) is 49.1 Å². The number of rotatable bonds is 7. The molecule has 46 heavy (non-hydrogen) atoms. The third-order valence-electron chi connectivity index (χ3n) is 9.73. The molecule has 1 aliphatic heterocycles. The number of benzene rings is 3. The number of carboxylic acids is 1. The Morgan fingerprint density at radius 1 is 0.957 bits per heavy atom. The Bertz CT molecular complexity index is 1870. The summed E-state index contributed by atoms with van der Waals surface area (Å²) in [5.41, 5.74) is 5.31. The van der Waals surface area contributed by atoms with Crippen LogP contribution in [-0.2, 0) is 16.1 Å².